The summed E-state index contributed by atoms with van der Waals surface area (Å²) in [6.45, 7) is 0. The third kappa shape index (κ3) is 2.87. The zero-order valence-electron chi connectivity index (χ0n) is 15.6. The molecule has 30 heavy (non-hydrogen) atoms. The number of carbonyl (C=O) groups is 2. The van der Waals surface area contributed by atoms with E-state index in [9.17, 15) is 19.7 Å². The summed E-state index contributed by atoms with van der Waals surface area (Å²) in [7, 11) is 0. The van der Waals surface area contributed by atoms with Gasteiger partial charge in [0.15, 0.2) is 0 Å². The smallest absolute Gasteiger partial charge is 0.281 e. The molecule has 8 nitrogen and oxygen atoms in total. The van der Waals surface area contributed by atoms with Crippen LogP contribution in [0.25, 0.3) is 11.3 Å². The zero-order valence-corrected chi connectivity index (χ0v) is 16.4. The lowest BCUT2D eigenvalue weighted by Crippen LogP contribution is -2.38. The maximum absolute atomic E-state index is 12.8. The first-order valence-electron chi connectivity index (χ1n) is 9.58. The molecule has 2 fully saturated rings. The predicted octanol–water partition coefficient (Wildman–Crippen LogP) is 4.04. The molecule has 2 bridgehead atoms. The number of rotatable bonds is 4. The number of halogens is 1. The molecular weight excluding hydrogens is 410 g/mol. The van der Waals surface area contributed by atoms with E-state index < -0.39 is 4.92 Å². The lowest BCUT2D eigenvalue weighted by Gasteiger charge is -2.37. The molecule has 1 aromatic heterocycles. The van der Waals surface area contributed by atoms with Gasteiger partial charge in [0, 0.05) is 11.1 Å². The number of hydrazone groups is 1. The lowest BCUT2D eigenvalue weighted by atomic mass is 9.63. The second-order valence-corrected chi connectivity index (χ2v) is 8.13. The molecule has 1 aliphatic heterocycles. The molecule has 2 heterocycles. The van der Waals surface area contributed by atoms with Gasteiger partial charge < -0.3 is 4.42 Å². The molecule has 152 valence electrons. The van der Waals surface area contributed by atoms with E-state index in [1.165, 1.54) is 24.4 Å². The van der Waals surface area contributed by atoms with E-state index in [-0.39, 0.29) is 63.3 Å². The Balaban J connectivity index is 1.40. The largest absolute Gasteiger partial charge is 0.455 e. The Labute approximate surface area is 175 Å². The molecule has 1 saturated carbocycles. The number of allylic oxidation sites excluding steroid dienone is 2. The number of nitro benzene ring substituents is 1. The van der Waals surface area contributed by atoms with E-state index in [0.717, 1.165) is 17.9 Å². The number of benzene rings is 1. The number of fused-ring (bicyclic) bond motifs is 1. The van der Waals surface area contributed by atoms with Gasteiger partial charge in [-0.15, -0.1) is 0 Å². The van der Waals surface area contributed by atoms with E-state index >= 15 is 0 Å². The van der Waals surface area contributed by atoms with Gasteiger partial charge in [-0.2, -0.15) is 10.1 Å². The third-order valence-corrected chi connectivity index (χ3v) is 6.32. The van der Waals surface area contributed by atoms with Crippen molar-refractivity contribution in [3.05, 3.63) is 63.4 Å². The zero-order chi connectivity index (χ0) is 21.0. The lowest BCUT2D eigenvalue weighted by molar-refractivity contribution is -0.384. The predicted molar refractivity (Wildman–Crippen MR) is 108 cm³/mol. The summed E-state index contributed by atoms with van der Waals surface area (Å²) in [6.07, 6.45) is 7.21. The monoisotopic (exact) mass is 425 g/mol. The van der Waals surface area contributed by atoms with Gasteiger partial charge in [0.1, 0.15) is 11.5 Å². The topological polar surface area (TPSA) is 106 Å². The molecule has 0 radical (unpaired) electrons. The summed E-state index contributed by atoms with van der Waals surface area (Å²) >= 11 is 5.85. The van der Waals surface area contributed by atoms with Crippen LogP contribution in [0, 0.1) is 33.8 Å². The first-order valence-corrected chi connectivity index (χ1v) is 9.96. The van der Waals surface area contributed by atoms with Crippen LogP contribution in [0.4, 0.5) is 5.69 Å². The fourth-order valence-electron chi connectivity index (χ4n) is 4.72. The normalized spacial score (nSPS) is 27.3. The van der Waals surface area contributed by atoms with E-state index in [4.69, 9.17) is 16.0 Å². The maximum atomic E-state index is 12.8. The number of nitrogens with zero attached hydrogens (tertiary/aromatic N) is 3. The summed E-state index contributed by atoms with van der Waals surface area (Å²) in [4.78, 5) is 36.3. The Morgan fingerprint density at radius 3 is 2.37 bits per heavy atom. The highest BCUT2D eigenvalue weighted by Gasteiger charge is 2.56. The highest BCUT2D eigenvalue weighted by molar-refractivity contribution is 6.30. The van der Waals surface area contributed by atoms with Crippen molar-refractivity contribution in [1.29, 1.82) is 0 Å². The summed E-state index contributed by atoms with van der Waals surface area (Å²) in [5, 5.41) is 16.6. The van der Waals surface area contributed by atoms with Crippen LogP contribution in [0.2, 0.25) is 5.02 Å². The molecule has 2 amide bonds. The second-order valence-electron chi connectivity index (χ2n) is 7.69. The van der Waals surface area contributed by atoms with Crippen molar-refractivity contribution in [2.75, 3.05) is 0 Å². The SMILES string of the molecule is O=C1[C@@H]2[C@H](C(=O)N1/N=C\c1ccc(-c3ccc(Cl)cc3[N+](=O)[O-])o1)[C@@H]1C=C[C@@H]2CC1. The van der Waals surface area contributed by atoms with Crippen LogP contribution < -0.4 is 0 Å². The number of carbonyl (C=O) groups excluding carboxylic acids is 2. The van der Waals surface area contributed by atoms with Crippen molar-refractivity contribution in [2.45, 2.75) is 12.8 Å². The van der Waals surface area contributed by atoms with Crippen LogP contribution in [0.1, 0.15) is 18.6 Å². The quantitative estimate of drug-likeness (QED) is 0.241. The van der Waals surface area contributed by atoms with E-state index in [1.807, 2.05) is 12.2 Å². The summed E-state index contributed by atoms with van der Waals surface area (Å²) < 4.78 is 5.65. The summed E-state index contributed by atoms with van der Waals surface area (Å²) in [5.74, 6) is -0.499. The van der Waals surface area contributed by atoms with Gasteiger partial charge >= 0.3 is 0 Å². The minimum absolute atomic E-state index is 0.0947. The fourth-order valence-corrected chi connectivity index (χ4v) is 4.88. The van der Waals surface area contributed by atoms with E-state index in [1.54, 1.807) is 12.1 Å². The number of nitro groups is 1. The number of imide groups is 1. The molecule has 1 saturated heterocycles. The minimum atomic E-state index is -0.539. The first-order chi connectivity index (χ1) is 14.4. The van der Waals surface area contributed by atoms with Crippen molar-refractivity contribution in [1.82, 2.24) is 5.01 Å². The number of hydrogen-bond acceptors (Lipinski definition) is 6. The molecule has 9 heteroatoms. The number of hydrogen-bond donors (Lipinski definition) is 0. The molecule has 0 spiro atoms. The van der Waals surface area contributed by atoms with Crippen LogP contribution >= 0.6 is 11.6 Å². The van der Waals surface area contributed by atoms with Crippen molar-refractivity contribution in [2.24, 2.45) is 28.8 Å². The van der Waals surface area contributed by atoms with Gasteiger partial charge in [-0.25, -0.2) is 0 Å². The van der Waals surface area contributed by atoms with Crippen LogP contribution in [0.15, 0.2) is 52.0 Å². The standard InChI is InChI=1S/C21H16ClN3O5/c22-13-5-7-15(16(9-13)25(28)29)17-8-6-14(30-17)10-23-24-20(26)18-11-1-2-12(4-3-11)19(18)21(24)27/h1-2,5-12,18-19H,3-4H2/b23-10-/t11-,12-,18-,19+/m1/s1. The molecule has 2 aromatic rings. The number of furan rings is 1. The van der Waals surface area contributed by atoms with E-state index in [0.29, 0.717) is 0 Å². The molecule has 0 unspecified atom stereocenters. The third-order valence-electron chi connectivity index (χ3n) is 6.09. The van der Waals surface area contributed by atoms with Gasteiger partial charge in [-0.05, 0) is 48.9 Å². The average Bonchev–Trinajstić information content (AvgIpc) is 3.31. The van der Waals surface area contributed by atoms with Gasteiger partial charge in [0.25, 0.3) is 17.5 Å². The van der Waals surface area contributed by atoms with Crippen molar-refractivity contribution >= 4 is 35.3 Å². The second kappa shape index (κ2) is 6.91. The molecule has 3 aliphatic carbocycles. The van der Waals surface area contributed by atoms with Gasteiger partial charge in [-0.3, -0.25) is 19.7 Å². The highest BCUT2D eigenvalue weighted by Crippen LogP contribution is 2.49. The molecule has 1 aromatic carbocycles. The average molecular weight is 426 g/mol. The fraction of sp³-hybridized carbons (Fsp3) is 0.286. The van der Waals surface area contributed by atoms with Crippen molar-refractivity contribution in [3.63, 3.8) is 0 Å². The van der Waals surface area contributed by atoms with E-state index in [2.05, 4.69) is 5.10 Å². The summed E-state index contributed by atoms with van der Waals surface area (Å²) in [6, 6.07) is 7.42. The van der Waals surface area contributed by atoms with Gasteiger partial charge in [-0.1, -0.05) is 23.8 Å². The van der Waals surface area contributed by atoms with Crippen molar-refractivity contribution in [3.8, 4) is 11.3 Å². The van der Waals surface area contributed by atoms with Crippen LogP contribution in [0.3, 0.4) is 0 Å². The summed E-state index contributed by atoms with van der Waals surface area (Å²) in [5.41, 5.74) is 0.0864. The Bertz CT molecular complexity index is 1110. The van der Waals surface area contributed by atoms with Gasteiger partial charge in [0.2, 0.25) is 0 Å². The molecule has 6 rings (SSSR count). The van der Waals surface area contributed by atoms with Crippen LogP contribution in [-0.2, 0) is 9.59 Å². The van der Waals surface area contributed by atoms with Crippen molar-refractivity contribution < 1.29 is 18.9 Å². The molecular formula is C21H16ClN3O5. The maximum Gasteiger partial charge on any atom is 0.281 e. The van der Waals surface area contributed by atoms with Crippen LogP contribution in [-0.4, -0.2) is 28.0 Å². The molecule has 4 aliphatic rings. The Morgan fingerprint density at radius 2 is 1.77 bits per heavy atom. The Hall–Kier alpha value is -3.26. The molecule has 4 atom stereocenters. The molecule has 0 N–H and O–H groups in total. The number of amides is 2. The van der Waals surface area contributed by atoms with Gasteiger partial charge in [0.05, 0.1) is 28.5 Å². The Kier molecular flexibility index (Phi) is 4.32. The minimum Gasteiger partial charge on any atom is -0.455 e. The first kappa shape index (κ1) is 18.7. The van der Waals surface area contributed by atoms with Crippen LogP contribution in [0.5, 0.6) is 0 Å². The highest BCUT2D eigenvalue weighted by atomic mass is 35.5. The Morgan fingerprint density at radius 1 is 1.10 bits per heavy atom.